The summed E-state index contributed by atoms with van der Waals surface area (Å²) in [5.41, 5.74) is -0.524. The van der Waals surface area contributed by atoms with E-state index < -0.39 is 27.9 Å². The van der Waals surface area contributed by atoms with Gasteiger partial charge in [0, 0.05) is 10.4 Å². The highest BCUT2D eigenvalue weighted by Crippen LogP contribution is 2.33. The van der Waals surface area contributed by atoms with Crippen LogP contribution in [0.15, 0.2) is 52.7 Å². The summed E-state index contributed by atoms with van der Waals surface area (Å²) in [4.78, 5) is 3.98. The van der Waals surface area contributed by atoms with Crippen LogP contribution in [0.4, 0.5) is 18.3 Å². The summed E-state index contributed by atoms with van der Waals surface area (Å²) < 4.78 is 66.1. The van der Waals surface area contributed by atoms with Crippen LogP contribution < -0.4 is 4.72 Å². The zero-order chi connectivity index (χ0) is 21.4. The zero-order valence-corrected chi connectivity index (χ0v) is 17.1. The van der Waals surface area contributed by atoms with Crippen LogP contribution in [0.3, 0.4) is 0 Å². The highest BCUT2D eigenvalue weighted by Gasteiger charge is 2.31. The predicted octanol–water partition coefficient (Wildman–Crippen LogP) is 5.01. The molecule has 2 N–H and O–H groups in total. The Hall–Kier alpha value is -2.14. The van der Waals surface area contributed by atoms with Crippen LogP contribution in [-0.2, 0) is 16.2 Å². The van der Waals surface area contributed by atoms with Gasteiger partial charge >= 0.3 is 6.18 Å². The number of benzene rings is 2. The minimum absolute atomic E-state index is 0.00906. The molecule has 0 saturated heterocycles. The number of aliphatic hydroxyl groups excluding tert-OH is 1. The number of rotatable bonds is 5. The van der Waals surface area contributed by atoms with E-state index in [4.69, 9.17) is 11.6 Å². The van der Waals surface area contributed by atoms with Gasteiger partial charge in [0.15, 0.2) is 5.13 Å². The van der Waals surface area contributed by atoms with E-state index in [1.165, 1.54) is 29.6 Å². The molecule has 29 heavy (non-hydrogen) atoms. The fraction of sp³-hybridized carbons (Fsp3) is 0.167. The molecule has 5 nitrogen and oxygen atoms in total. The van der Waals surface area contributed by atoms with Gasteiger partial charge in [0.05, 0.1) is 16.2 Å². The Balaban J connectivity index is 1.85. The third kappa shape index (κ3) is 4.72. The van der Waals surface area contributed by atoms with E-state index in [0.717, 1.165) is 23.5 Å². The van der Waals surface area contributed by atoms with Crippen LogP contribution in [-0.4, -0.2) is 18.5 Å². The third-order valence-corrected chi connectivity index (χ3v) is 6.86. The predicted molar refractivity (Wildman–Crippen MR) is 105 cm³/mol. The summed E-state index contributed by atoms with van der Waals surface area (Å²) in [7, 11) is -3.99. The lowest BCUT2D eigenvalue weighted by molar-refractivity contribution is -0.137. The van der Waals surface area contributed by atoms with Gasteiger partial charge in [0.2, 0.25) is 0 Å². The standard InChI is InChI=1S/C18H14ClF3N2O3S2/c1-10-13(19)6-3-7-15(10)29(26,27)24-17-23-14(9-28-17)16(25)11-4-2-5-12(8-11)18(20,21)22/h2-9,16,25H,1H3,(H,23,24). The van der Waals surface area contributed by atoms with E-state index in [2.05, 4.69) is 9.71 Å². The SMILES string of the molecule is Cc1c(Cl)cccc1S(=O)(=O)Nc1nc(C(O)c2cccc(C(F)(F)F)c2)cs1. The second kappa shape index (κ2) is 7.94. The molecule has 0 aliphatic carbocycles. The van der Waals surface area contributed by atoms with E-state index in [0.29, 0.717) is 5.56 Å². The molecular formula is C18H14ClF3N2O3S2. The van der Waals surface area contributed by atoms with Crippen LogP contribution in [0.1, 0.15) is 28.5 Å². The molecule has 0 saturated carbocycles. The molecule has 0 radical (unpaired) electrons. The average molecular weight is 463 g/mol. The van der Waals surface area contributed by atoms with Crippen molar-refractivity contribution < 1.29 is 26.7 Å². The average Bonchev–Trinajstić information content (AvgIpc) is 3.10. The van der Waals surface area contributed by atoms with E-state index in [-0.39, 0.29) is 26.3 Å². The van der Waals surface area contributed by atoms with Gasteiger partial charge in [0.1, 0.15) is 6.10 Å². The molecular weight excluding hydrogens is 449 g/mol. The summed E-state index contributed by atoms with van der Waals surface area (Å²) in [5, 5.41) is 12.0. The lowest BCUT2D eigenvalue weighted by Gasteiger charge is -2.12. The Kier molecular flexibility index (Phi) is 5.91. The van der Waals surface area contributed by atoms with Crippen molar-refractivity contribution in [2.45, 2.75) is 24.1 Å². The van der Waals surface area contributed by atoms with Crippen molar-refractivity contribution in [1.29, 1.82) is 0 Å². The number of thiazole rings is 1. The molecule has 0 aliphatic rings. The third-order valence-electron chi connectivity index (χ3n) is 4.06. The molecule has 1 unspecified atom stereocenters. The molecule has 0 amide bonds. The second-order valence-corrected chi connectivity index (χ2v) is 8.99. The smallest absolute Gasteiger partial charge is 0.382 e. The molecule has 1 heterocycles. The summed E-state index contributed by atoms with van der Waals surface area (Å²) in [6.45, 7) is 1.56. The van der Waals surface area contributed by atoms with Gasteiger partial charge < -0.3 is 5.11 Å². The lowest BCUT2D eigenvalue weighted by atomic mass is 10.0. The topological polar surface area (TPSA) is 79.3 Å². The molecule has 2 aromatic carbocycles. The number of nitrogens with one attached hydrogen (secondary N) is 1. The van der Waals surface area contributed by atoms with Crippen molar-refractivity contribution in [2.75, 3.05) is 4.72 Å². The van der Waals surface area contributed by atoms with Crippen molar-refractivity contribution in [1.82, 2.24) is 4.98 Å². The first-order valence-electron chi connectivity index (χ1n) is 8.07. The molecule has 1 aromatic heterocycles. The maximum absolute atomic E-state index is 12.9. The summed E-state index contributed by atoms with van der Waals surface area (Å²) in [6.07, 6.45) is -5.99. The lowest BCUT2D eigenvalue weighted by Crippen LogP contribution is -2.14. The van der Waals surface area contributed by atoms with E-state index in [1.54, 1.807) is 13.0 Å². The number of hydrogen-bond donors (Lipinski definition) is 2. The maximum Gasteiger partial charge on any atom is 0.416 e. The Bertz CT molecular complexity index is 1150. The minimum atomic E-state index is -4.55. The van der Waals surface area contributed by atoms with Gasteiger partial charge in [0.25, 0.3) is 10.0 Å². The normalized spacial score (nSPS) is 13.3. The number of anilines is 1. The van der Waals surface area contributed by atoms with Gasteiger partial charge in [-0.2, -0.15) is 13.2 Å². The van der Waals surface area contributed by atoms with Crippen LogP contribution in [0.2, 0.25) is 5.02 Å². The Morgan fingerprint density at radius 3 is 2.59 bits per heavy atom. The molecule has 3 rings (SSSR count). The van der Waals surface area contributed by atoms with Crippen molar-refractivity contribution in [3.8, 4) is 0 Å². The first-order chi connectivity index (χ1) is 13.5. The molecule has 0 bridgehead atoms. The zero-order valence-electron chi connectivity index (χ0n) is 14.7. The molecule has 154 valence electrons. The second-order valence-electron chi connectivity index (χ2n) is 6.07. The minimum Gasteiger partial charge on any atom is -0.382 e. The van der Waals surface area contributed by atoms with Crippen LogP contribution in [0, 0.1) is 6.92 Å². The Labute approximate surface area is 173 Å². The summed E-state index contributed by atoms with van der Waals surface area (Å²) in [6, 6.07) is 8.66. The number of hydrogen-bond acceptors (Lipinski definition) is 5. The van der Waals surface area contributed by atoms with Crippen molar-refractivity contribution in [3.63, 3.8) is 0 Å². The fourth-order valence-electron chi connectivity index (χ4n) is 2.56. The quantitative estimate of drug-likeness (QED) is 0.559. The molecule has 0 fully saturated rings. The van der Waals surface area contributed by atoms with Crippen molar-refractivity contribution in [3.05, 3.63) is 75.3 Å². The highest BCUT2D eigenvalue weighted by atomic mass is 35.5. The number of halogens is 4. The number of nitrogens with zero attached hydrogens (tertiary/aromatic N) is 1. The molecule has 11 heteroatoms. The van der Waals surface area contributed by atoms with Gasteiger partial charge in [-0.1, -0.05) is 29.8 Å². The number of aliphatic hydroxyl groups is 1. The molecule has 0 spiro atoms. The monoisotopic (exact) mass is 462 g/mol. The molecule has 3 aromatic rings. The largest absolute Gasteiger partial charge is 0.416 e. The number of alkyl halides is 3. The summed E-state index contributed by atoms with van der Waals surface area (Å²) >= 11 is 6.86. The number of sulfonamides is 1. The van der Waals surface area contributed by atoms with Crippen LogP contribution >= 0.6 is 22.9 Å². The first-order valence-corrected chi connectivity index (χ1v) is 10.8. The number of aromatic nitrogens is 1. The Morgan fingerprint density at radius 2 is 1.90 bits per heavy atom. The molecule has 1 atom stereocenters. The van der Waals surface area contributed by atoms with E-state index in [9.17, 15) is 26.7 Å². The van der Waals surface area contributed by atoms with Gasteiger partial charge in [-0.25, -0.2) is 13.4 Å². The van der Waals surface area contributed by atoms with Gasteiger partial charge in [-0.15, -0.1) is 11.3 Å². The molecule has 0 aliphatic heterocycles. The van der Waals surface area contributed by atoms with Crippen LogP contribution in [0.5, 0.6) is 0 Å². The van der Waals surface area contributed by atoms with E-state index >= 15 is 0 Å². The maximum atomic E-state index is 12.9. The highest BCUT2D eigenvalue weighted by molar-refractivity contribution is 7.93. The van der Waals surface area contributed by atoms with Gasteiger partial charge in [-0.3, -0.25) is 4.72 Å². The van der Waals surface area contributed by atoms with Crippen LogP contribution in [0.25, 0.3) is 0 Å². The Morgan fingerprint density at radius 1 is 1.21 bits per heavy atom. The van der Waals surface area contributed by atoms with Gasteiger partial charge in [-0.05, 0) is 42.3 Å². The van der Waals surface area contributed by atoms with Crippen molar-refractivity contribution >= 4 is 38.1 Å². The van der Waals surface area contributed by atoms with E-state index in [1.807, 2.05) is 0 Å². The van der Waals surface area contributed by atoms with Crippen molar-refractivity contribution in [2.24, 2.45) is 0 Å². The fourth-order valence-corrected chi connectivity index (χ4v) is 5.04. The first kappa shape index (κ1) is 21.6. The summed E-state index contributed by atoms with van der Waals surface area (Å²) in [5.74, 6) is 0.